The molecule has 3 aromatic rings. The van der Waals surface area contributed by atoms with E-state index in [0.29, 0.717) is 23.6 Å². The highest BCUT2D eigenvalue weighted by atomic mass is 35.5. The molecule has 0 spiro atoms. The van der Waals surface area contributed by atoms with Crippen molar-refractivity contribution in [3.8, 4) is 17.1 Å². The van der Waals surface area contributed by atoms with E-state index in [1.54, 1.807) is 12.1 Å². The third-order valence-corrected chi connectivity index (χ3v) is 5.46. The molecule has 0 aliphatic carbocycles. The van der Waals surface area contributed by atoms with Gasteiger partial charge in [-0.3, -0.25) is 0 Å². The van der Waals surface area contributed by atoms with E-state index in [4.69, 9.17) is 23.2 Å². The Morgan fingerprint density at radius 2 is 1.77 bits per heavy atom. The molecule has 0 atom stereocenters. The van der Waals surface area contributed by atoms with Crippen LogP contribution in [-0.2, 0) is 12.7 Å². The summed E-state index contributed by atoms with van der Waals surface area (Å²) in [5.41, 5.74) is -0.547. The summed E-state index contributed by atoms with van der Waals surface area (Å²) in [6, 6.07) is 9.12. The summed E-state index contributed by atoms with van der Waals surface area (Å²) < 4.78 is 41.4. The van der Waals surface area contributed by atoms with Crippen LogP contribution in [0.4, 0.5) is 13.2 Å². The monoisotopic (exact) mass is 472 g/mol. The van der Waals surface area contributed by atoms with E-state index >= 15 is 0 Å². The predicted octanol–water partition coefficient (Wildman–Crippen LogP) is 5.37. The Labute approximate surface area is 187 Å². The summed E-state index contributed by atoms with van der Waals surface area (Å²) in [5.74, 6) is 0.232. The van der Waals surface area contributed by atoms with Gasteiger partial charge in [-0.25, -0.2) is 14.0 Å². The second-order valence-electron chi connectivity index (χ2n) is 7.08. The van der Waals surface area contributed by atoms with Gasteiger partial charge in [-0.1, -0.05) is 30.1 Å². The predicted molar refractivity (Wildman–Crippen MR) is 116 cm³/mol. The molecule has 5 nitrogen and oxygen atoms in total. The van der Waals surface area contributed by atoms with Gasteiger partial charge in [0.05, 0.1) is 16.3 Å². The van der Waals surface area contributed by atoms with Crippen LogP contribution in [0, 0.1) is 0 Å². The van der Waals surface area contributed by atoms with Crippen LogP contribution >= 0.6 is 23.2 Å². The van der Waals surface area contributed by atoms with Gasteiger partial charge in [-0.05, 0) is 69.0 Å². The molecule has 3 rings (SSSR count). The maximum atomic E-state index is 13.1. The molecule has 0 aliphatic rings. The first-order chi connectivity index (χ1) is 14.6. The molecule has 0 saturated carbocycles. The smallest absolute Gasteiger partial charge is 0.307 e. The van der Waals surface area contributed by atoms with Gasteiger partial charge in [-0.2, -0.15) is 13.2 Å². The quantitative estimate of drug-likeness (QED) is 0.464. The fraction of sp³-hybridized carbons (Fsp3) is 0.333. The number of hydrogen-bond acceptors (Lipinski definition) is 3. The van der Waals surface area contributed by atoms with Gasteiger partial charge in [0.1, 0.15) is 0 Å². The number of halogens is 5. The first-order valence-electron chi connectivity index (χ1n) is 9.63. The molecule has 2 aromatic carbocycles. The molecule has 10 heteroatoms. The number of nitrogens with zero attached hydrogens (tertiary/aromatic N) is 4. The lowest BCUT2D eigenvalue weighted by atomic mass is 10.1. The zero-order valence-electron chi connectivity index (χ0n) is 17.0. The maximum Gasteiger partial charge on any atom is 0.416 e. The lowest BCUT2D eigenvalue weighted by Gasteiger charge is -2.12. The average Bonchev–Trinajstić information content (AvgIpc) is 3.03. The largest absolute Gasteiger partial charge is 0.416 e. The van der Waals surface area contributed by atoms with Gasteiger partial charge in [0.2, 0.25) is 0 Å². The van der Waals surface area contributed by atoms with Crippen LogP contribution in [0.5, 0.6) is 0 Å². The number of alkyl halides is 3. The molecular weight excluding hydrogens is 452 g/mol. The van der Waals surface area contributed by atoms with Crippen molar-refractivity contribution in [2.24, 2.45) is 0 Å². The zero-order valence-corrected chi connectivity index (χ0v) is 18.5. The van der Waals surface area contributed by atoms with Crippen LogP contribution in [0.15, 0.2) is 47.3 Å². The molecule has 0 N–H and O–H groups in total. The number of aryl methyl sites for hydroxylation is 1. The number of rotatable bonds is 7. The van der Waals surface area contributed by atoms with Gasteiger partial charge >= 0.3 is 11.9 Å². The number of hydrogen-bond donors (Lipinski definition) is 0. The summed E-state index contributed by atoms with van der Waals surface area (Å²) in [5, 5.41) is 5.14. The fourth-order valence-electron chi connectivity index (χ4n) is 3.08. The Balaban J connectivity index is 2.08. The molecule has 31 heavy (non-hydrogen) atoms. The molecule has 166 valence electrons. The van der Waals surface area contributed by atoms with Crippen LogP contribution in [0.3, 0.4) is 0 Å². The SMILES string of the molecule is CCN(C)CCCn1nc(-c2ccc(Cl)cc2Cl)n(-c2ccc(C(F)(F)F)cc2)c1=O. The Morgan fingerprint density at radius 1 is 1.10 bits per heavy atom. The second kappa shape index (κ2) is 9.46. The van der Waals surface area contributed by atoms with E-state index in [1.165, 1.54) is 27.4 Å². The minimum absolute atomic E-state index is 0.232. The molecule has 0 bridgehead atoms. The highest BCUT2D eigenvalue weighted by molar-refractivity contribution is 6.36. The second-order valence-corrected chi connectivity index (χ2v) is 7.93. The average molecular weight is 473 g/mol. The molecule has 1 aromatic heterocycles. The van der Waals surface area contributed by atoms with Crippen LogP contribution in [0.1, 0.15) is 18.9 Å². The van der Waals surface area contributed by atoms with Crippen molar-refractivity contribution in [3.05, 3.63) is 68.6 Å². The molecule has 0 amide bonds. The molecule has 0 unspecified atom stereocenters. The Kier molecular flexibility index (Phi) is 7.13. The normalized spacial score (nSPS) is 12.0. The minimum atomic E-state index is -4.47. The third-order valence-electron chi connectivity index (χ3n) is 4.91. The topological polar surface area (TPSA) is 43.1 Å². The van der Waals surface area contributed by atoms with E-state index in [1.807, 2.05) is 14.0 Å². The van der Waals surface area contributed by atoms with Crippen molar-refractivity contribution in [3.63, 3.8) is 0 Å². The third kappa shape index (κ3) is 5.31. The molecule has 0 fully saturated rings. The first kappa shape index (κ1) is 23.4. The van der Waals surface area contributed by atoms with Crippen LogP contribution < -0.4 is 5.69 Å². The minimum Gasteiger partial charge on any atom is -0.307 e. The lowest BCUT2D eigenvalue weighted by Crippen LogP contribution is -2.26. The van der Waals surface area contributed by atoms with Crippen molar-refractivity contribution in [1.29, 1.82) is 0 Å². The van der Waals surface area contributed by atoms with Crippen molar-refractivity contribution >= 4 is 23.2 Å². The molecule has 1 heterocycles. The summed E-state index contributed by atoms with van der Waals surface area (Å²) in [4.78, 5) is 15.2. The van der Waals surface area contributed by atoms with E-state index in [-0.39, 0.29) is 16.5 Å². The van der Waals surface area contributed by atoms with Gasteiger partial charge in [0, 0.05) is 17.1 Å². The summed E-state index contributed by atoms with van der Waals surface area (Å²) in [7, 11) is 1.97. The van der Waals surface area contributed by atoms with Gasteiger partial charge in [0.15, 0.2) is 5.82 Å². The fourth-order valence-corrected chi connectivity index (χ4v) is 3.57. The molecule has 0 aliphatic heterocycles. The summed E-state index contributed by atoms with van der Waals surface area (Å²) >= 11 is 12.3. The highest BCUT2D eigenvalue weighted by Gasteiger charge is 2.30. The zero-order chi connectivity index (χ0) is 22.8. The first-order valence-corrected chi connectivity index (χ1v) is 10.4. The van der Waals surface area contributed by atoms with Crippen molar-refractivity contribution in [1.82, 2.24) is 19.2 Å². The lowest BCUT2D eigenvalue weighted by molar-refractivity contribution is -0.137. The van der Waals surface area contributed by atoms with Gasteiger partial charge < -0.3 is 4.90 Å². The summed E-state index contributed by atoms with van der Waals surface area (Å²) in [6.45, 7) is 4.04. The maximum absolute atomic E-state index is 13.1. The Morgan fingerprint density at radius 3 is 2.35 bits per heavy atom. The van der Waals surface area contributed by atoms with E-state index in [9.17, 15) is 18.0 Å². The van der Waals surface area contributed by atoms with E-state index in [0.717, 1.165) is 25.2 Å². The van der Waals surface area contributed by atoms with Crippen LogP contribution in [0.2, 0.25) is 10.0 Å². The van der Waals surface area contributed by atoms with Gasteiger partial charge in [0.25, 0.3) is 0 Å². The molecule has 0 saturated heterocycles. The molecular formula is C21H21Cl2F3N4O. The number of aromatic nitrogens is 3. The Hall–Kier alpha value is -2.29. The van der Waals surface area contributed by atoms with Crippen LogP contribution in [-0.4, -0.2) is 39.4 Å². The van der Waals surface area contributed by atoms with Crippen molar-refractivity contribution in [2.45, 2.75) is 26.1 Å². The van der Waals surface area contributed by atoms with E-state index < -0.39 is 17.4 Å². The van der Waals surface area contributed by atoms with E-state index in [2.05, 4.69) is 10.00 Å². The van der Waals surface area contributed by atoms with Crippen molar-refractivity contribution < 1.29 is 13.2 Å². The molecule has 0 radical (unpaired) electrons. The Bertz CT molecular complexity index is 1110. The van der Waals surface area contributed by atoms with Gasteiger partial charge in [-0.15, -0.1) is 5.10 Å². The summed E-state index contributed by atoms with van der Waals surface area (Å²) in [6.07, 6.45) is -3.79. The van der Waals surface area contributed by atoms with Crippen molar-refractivity contribution in [2.75, 3.05) is 20.1 Å². The standard InChI is InChI=1S/C21H21Cl2F3N4O/c1-3-28(2)11-4-12-29-20(31)30(16-8-5-14(6-9-16)21(24,25)26)19(27-29)17-10-7-15(22)13-18(17)23/h5-10,13H,3-4,11-12H2,1-2H3. The van der Waals surface area contributed by atoms with Crippen LogP contribution in [0.25, 0.3) is 17.1 Å². The number of benzene rings is 2. The highest BCUT2D eigenvalue weighted by Crippen LogP contribution is 2.32.